The first-order valence-corrected chi connectivity index (χ1v) is 6.35. The molecule has 0 amide bonds. The molecule has 1 aromatic carbocycles. The van der Waals surface area contributed by atoms with Crippen molar-refractivity contribution < 1.29 is 5.11 Å². The van der Waals surface area contributed by atoms with Crippen molar-refractivity contribution in [3.05, 3.63) is 36.2 Å². The highest BCUT2D eigenvalue weighted by Crippen LogP contribution is 2.28. The highest BCUT2D eigenvalue weighted by atomic mass is 16.3. The van der Waals surface area contributed by atoms with Gasteiger partial charge < -0.3 is 15.7 Å². The summed E-state index contributed by atoms with van der Waals surface area (Å²) in [6.45, 7) is 2.05. The summed E-state index contributed by atoms with van der Waals surface area (Å²) >= 11 is 0. The third kappa shape index (κ3) is 2.30. The number of hydrogen-bond donors (Lipinski definition) is 3. The lowest BCUT2D eigenvalue weighted by molar-refractivity contribution is 0.292. The molecule has 1 unspecified atom stereocenters. The van der Waals surface area contributed by atoms with Crippen LogP contribution in [-0.4, -0.2) is 29.8 Å². The van der Waals surface area contributed by atoms with Crippen LogP contribution in [0.5, 0.6) is 0 Å². The largest absolute Gasteiger partial charge is 0.396 e. The first-order valence-electron chi connectivity index (χ1n) is 6.35. The van der Waals surface area contributed by atoms with E-state index in [4.69, 9.17) is 5.11 Å². The fraction of sp³-hybridized carbons (Fsp3) is 0.357. The average Bonchev–Trinajstić information content (AvgIpc) is 3.22. The SMILES string of the molecule is OCCCNc1ccc2c(C3CN3)nccc2c1. The monoisotopic (exact) mass is 243 g/mol. The molecule has 0 aliphatic carbocycles. The van der Waals surface area contributed by atoms with E-state index in [1.165, 1.54) is 10.8 Å². The predicted octanol–water partition coefficient (Wildman–Crippen LogP) is 1.67. The first kappa shape index (κ1) is 11.4. The van der Waals surface area contributed by atoms with Crippen LogP contribution < -0.4 is 10.6 Å². The average molecular weight is 243 g/mol. The summed E-state index contributed by atoms with van der Waals surface area (Å²) in [5.41, 5.74) is 2.24. The molecule has 0 radical (unpaired) electrons. The van der Waals surface area contributed by atoms with Gasteiger partial charge in [-0.05, 0) is 30.0 Å². The molecule has 0 saturated carbocycles. The van der Waals surface area contributed by atoms with Crippen LogP contribution in [-0.2, 0) is 0 Å². The van der Waals surface area contributed by atoms with Crippen molar-refractivity contribution in [2.24, 2.45) is 0 Å². The van der Waals surface area contributed by atoms with Crippen LogP contribution in [0.25, 0.3) is 10.8 Å². The van der Waals surface area contributed by atoms with Gasteiger partial charge in [-0.3, -0.25) is 4.98 Å². The highest BCUT2D eigenvalue weighted by molar-refractivity contribution is 5.88. The number of nitrogens with one attached hydrogen (secondary N) is 2. The summed E-state index contributed by atoms with van der Waals surface area (Å²) < 4.78 is 0. The molecule has 1 aliphatic rings. The summed E-state index contributed by atoms with van der Waals surface area (Å²) in [7, 11) is 0. The fourth-order valence-electron chi connectivity index (χ4n) is 2.15. The molecule has 3 rings (SSSR count). The Morgan fingerprint density at radius 1 is 1.39 bits per heavy atom. The lowest BCUT2D eigenvalue weighted by Crippen LogP contribution is -2.03. The topological polar surface area (TPSA) is 67.1 Å². The molecular weight excluding hydrogens is 226 g/mol. The van der Waals surface area contributed by atoms with Gasteiger partial charge in [0, 0.05) is 37.0 Å². The number of aliphatic hydroxyl groups is 1. The van der Waals surface area contributed by atoms with Gasteiger partial charge in [-0.25, -0.2) is 0 Å². The fourth-order valence-corrected chi connectivity index (χ4v) is 2.15. The van der Waals surface area contributed by atoms with E-state index in [-0.39, 0.29) is 6.61 Å². The van der Waals surface area contributed by atoms with Gasteiger partial charge in [0.05, 0.1) is 11.7 Å². The molecule has 0 spiro atoms. The van der Waals surface area contributed by atoms with Crippen LogP contribution in [0.1, 0.15) is 18.2 Å². The zero-order valence-corrected chi connectivity index (χ0v) is 10.2. The van der Waals surface area contributed by atoms with Crippen molar-refractivity contribution in [2.45, 2.75) is 12.5 Å². The second-order valence-corrected chi connectivity index (χ2v) is 4.60. The van der Waals surface area contributed by atoms with E-state index in [9.17, 15) is 0 Å². The van der Waals surface area contributed by atoms with Crippen molar-refractivity contribution in [1.82, 2.24) is 10.3 Å². The smallest absolute Gasteiger partial charge is 0.0664 e. The molecule has 2 aromatic rings. The van der Waals surface area contributed by atoms with E-state index in [1.54, 1.807) is 0 Å². The summed E-state index contributed by atoms with van der Waals surface area (Å²) in [5, 5.41) is 17.8. The van der Waals surface area contributed by atoms with E-state index in [2.05, 4.69) is 33.8 Å². The molecule has 1 aliphatic heterocycles. The molecular formula is C14H17N3O. The summed E-state index contributed by atoms with van der Waals surface area (Å²) in [4.78, 5) is 4.46. The van der Waals surface area contributed by atoms with E-state index >= 15 is 0 Å². The minimum absolute atomic E-state index is 0.224. The summed E-state index contributed by atoms with van der Waals surface area (Å²) in [5.74, 6) is 0. The number of nitrogens with zero attached hydrogens (tertiary/aromatic N) is 1. The van der Waals surface area contributed by atoms with Crippen LogP contribution in [0.15, 0.2) is 30.5 Å². The van der Waals surface area contributed by atoms with Crippen molar-refractivity contribution in [2.75, 3.05) is 25.0 Å². The van der Waals surface area contributed by atoms with E-state index < -0.39 is 0 Å². The number of rotatable bonds is 5. The Labute approximate surface area is 106 Å². The summed E-state index contributed by atoms with van der Waals surface area (Å²) in [6.07, 6.45) is 2.64. The van der Waals surface area contributed by atoms with Crippen LogP contribution in [0.2, 0.25) is 0 Å². The van der Waals surface area contributed by atoms with Gasteiger partial charge >= 0.3 is 0 Å². The summed E-state index contributed by atoms with van der Waals surface area (Å²) in [6, 6.07) is 8.81. The molecule has 1 saturated heterocycles. The number of benzene rings is 1. The number of fused-ring (bicyclic) bond motifs is 1. The van der Waals surface area contributed by atoms with Crippen molar-refractivity contribution >= 4 is 16.5 Å². The number of aromatic nitrogens is 1. The van der Waals surface area contributed by atoms with E-state index in [0.29, 0.717) is 6.04 Å². The predicted molar refractivity (Wildman–Crippen MR) is 72.7 cm³/mol. The van der Waals surface area contributed by atoms with E-state index in [0.717, 1.165) is 30.9 Å². The van der Waals surface area contributed by atoms with Crippen LogP contribution in [0, 0.1) is 0 Å². The van der Waals surface area contributed by atoms with Crippen molar-refractivity contribution in [3.8, 4) is 0 Å². The molecule has 1 atom stereocenters. The Kier molecular flexibility index (Phi) is 3.13. The van der Waals surface area contributed by atoms with Crippen LogP contribution >= 0.6 is 0 Å². The molecule has 1 aromatic heterocycles. The van der Waals surface area contributed by atoms with Crippen LogP contribution in [0.3, 0.4) is 0 Å². The van der Waals surface area contributed by atoms with Gasteiger partial charge in [0.15, 0.2) is 0 Å². The number of hydrogen-bond acceptors (Lipinski definition) is 4. The number of pyridine rings is 1. The molecule has 2 heterocycles. The van der Waals surface area contributed by atoms with Gasteiger partial charge in [0.2, 0.25) is 0 Å². The Balaban J connectivity index is 1.88. The molecule has 1 fully saturated rings. The molecule has 4 heteroatoms. The third-order valence-corrected chi connectivity index (χ3v) is 3.20. The number of anilines is 1. The maximum Gasteiger partial charge on any atom is 0.0664 e. The number of aliphatic hydroxyl groups excluding tert-OH is 1. The van der Waals surface area contributed by atoms with Gasteiger partial charge in [0.1, 0.15) is 0 Å². The molecule has 4 nitrogen and oxygen atoms in total. The van der Waals surface area contributed by atoms with Gasteiger partial charge in [0.25, 0.3) is 0 Å². The molecule has 94 valence electrons. The van der Waals surface area contributed by atoms with Crippen molar-refractivity contribution in [3.63, 3.8) is 0 Å². The zero-order chi connectivity index (χ0) is 12.4. The highest BCUT2D eigenvalue weighted by Gasteiger charge is 2.25. The lowest BCUT2D eigenvalue weighted by Gasteiger charge is -2.08. The normalized spacial score (nSPS) is 17.9. The lowest BCUT2D eigenvalue weighted by atomic mass is 10.1. The second kappa shape index (κ2) is 4.92. The maximum absolute atomic E-state index is 8.77. The first-order chi connectivity index (χ1) is 8.88. The second-order valence-electron chi connectivity index (χ2n) is 4.60. The van der Waals surface area contributed by atoms with E-state index in [1.807, 2.05) is 12.3 Å². The Morgan fingerprint density at radius 3 is 3.06 bits per heavy atom. The zero-order valence-electron chi connectivity index (χ0n) is 10.2. The van der Waals surface area contributed by atoms with Crippen LogP contribution in [0.4, 0.5) is 5.69 Å². The molecule has 3 N–H and O–H groups in total. The Hall–Kier alpha value is -1.65. The Morgan fingerprint density at radius 2 is 2.28 bits per heavy atom. The Bertz CT molecular complexity index is 552. The standard InChI is InChI=1S/C14H17N3O/c18-7-1-5-15-11-2-3-12-10(8-11)4-6-16-14(12)13-9-17-13/h2-4,6,8,13,15,17-18H,1,5,7,9H2. The quantitative estimate of drug-likeness (QED) is 0.552. The minimum atomic E-state index is 0.224. The van der Waals surface area contributed by atoms with Crippen molar-refractivity contribution in [1.29, 1.82) is 0 Å². The third-order valence-electron chi connectivity index (χ3n) is 3.20. The minimum Gasteiger partial charge on any atom is -0.396 e. The van der Waals surface area contributed by atoms with Gasteiger partial charge in [-0.2, -0.15) is 0 Å². The van der Waals surface area contributed by atoms with Gasteiger partial charge in [-0.15, -0.1) is 0 Å². The maximum atomic E-state index is 8.77. The molecule has 0 bridgehead atoms. The van der Waals surface area contributed by atoms with Gasteiger partial charge in [-0.1, -0.05) is 6.07 Å². The molecule has 18 heavy (non-hydrogen) atoms.